The van der Waals surface area contributed by atoms with Crippen molar-refractivity contribution in [1.82, 2.24) is 5.32 Å². The van der Waals surface area contributed by atoms with Crippen LogP contribution in [0.1, 0.15) is 69.4 Å². The molecule has 4 bridgehead atoms. The van der Waals surface area contributed by atoms with Crippen molar-refractivity contribution in [2.24, 2.45) is 29.6 Å². The summed E-state index contributed by atoms with van der Waals surface area (Å²) in [5, 5.41) is 12.6. The Kier molecular flexibility index (Phi) is 7.33. The molecule has 2 atom stereocenters. The van der Waals surface area contributed by atoms with Gasteiger partial charge in [-0.15, -0.1) is 0 Å². The summed E-state index contributed by atoms with van der Waals surface area (Å²) >= 11 is 0. The van der Waals surface area contributed by atoms with Crippen molar-refractivity contribution in [3.8, 4) is 11.1 Å². The van der Waals surface area contributed by atoms with E-state index in [1.54, 1.807) is 0 Å². The normalized spacial score (nSPS) is 28.5. The first kappa shape index (κ1) is 27.5. The number of carboxylic acid groups (broad SMARTS) is 1. The van der Waals surface area contributed by atoms with Crippen LogP contribution in [0.4, 0.5) is 4.79 Å². The molecule has 0 heterocycles. The Morgan fingerprint density at radius 2 is 1.48 bits per heavy atom. The summed E-state index contributed by atoms with van der Waals surface area (Å²) in [4.78, 5) is 25.0. The molecule has 7 nitrogen and oxygen atoms in total. The summed E-state index contributed by atoms with van der Waals surface area (Å²) in [5.41, 5.74) is 4.07. The first-order valence-corrected chi connectivity index (χ1v) is 16.7. The number of aliphatic carboxylic acids is 1. The molecule has 2 N–H and O–H groups in total. The monoisotopic (exact) mass is 565 g/mol. The zero-order chi connectivity index (χ0) is 28.1. The molecule has 40 heavy (non-hydrogen) atoms. The maximum atomic E-state index is 14.5. The average Bonchev–Trinajstić information content (AvgIpc) is 3.22. The van der Waals surface area contributed by atoms with Crippen molar-refractivity contribution in [3.63, 3.8) is 0 Å². The molecule has 0 spiro atoms. The Morgan fingerprint density at radius 3 is 1.98 bits per heavy atom. The standard InChI is InChI=1S/C32H40NO6P/c1-20(2)29(30(34)35)18-40(37,39-32-14-21-11-22(15-32)13-23(12-21)16-32)19-33-31(36)38-17-28-26-9-5-3-7-24(26)25-8-4-6-10-27(25)28/h3-10,20-23,28-29H,11-19H2,1-2H3,(H,33,36)(H,34,35)/t21?,22?,23?,29-,32?,40+/m1/s1. The minimum absolute atomic E-state index is 0.0782. The third-order valence-electron chi connectivity index (χ3n) is 9.75. The number of rotatable bonds is 10. The molecule has 4 saturated carbocycles. The van der Waals surface area contributed by atoms with E-state index in [9.17, 15) is 19.3 Å². The number of hydrogen-bond donors (Lipinski definition) is 2. The van der Waals surface area contributed by atoms with Crippen LogP contribution in [0, 0.1) is 29.6 Å². The van der Waals surface area contributed by atoms with E-state index in [4.69, 9.17) is 9.26 Å². The van der Waals surface area contributed by atoms with E-state index in [-0.39, 0.29) is 30.9 Å². The number of nitrogens with one attached hydrogen (secondary N) is 1. The Hall–Kier alpha value is -2.63. The van der Waals surface area contributed by atoms with Crippen LogP contribution in [-0.2, 0) is 18.6 Å². The topological polar surface area (TPSA) is 102 Å². The van der Waals surface area contributed by atoms with Gasteiger partial charge in [0.05, 0.1) is 17.8 Å². The van der Waals surface area contributed by atoms with E-state index in [1.165, 1.54) is 19.3 Å². The quantitative estimate of drug-likeness (QED) is 0.298. The predicted octanol–water partition coefficient (Wildman–Crippen LogP) is 7.10. The maximum Gasteiger partial charge on any atom is 0.407 e. The molecule has 4 fully saturated rings. The van der Waals surface area contributed by atoms with E-state index in [0.29, 0.717) is 17.8 Å². The lowest BCUT2D eigenvalue weighted by molar-refractivity contribution is -0.142. The summed E-state index contributed by atoms with van der Waals surface area (Å²) in [7, 11) is -3.53. The van der Waals surface area contributed by atoms with Crippen molar-refractivity contribution in [2.75, 3.05) is 19.1 Å². The number of alkyl carbamates (subject to hydrolysis) is 1. The molecule has 0 unspecified atom stereocenters. The van der Waals surface area contributed by atoms with Gasteiger partial charge in [0.15, 0.2) is 0 Å². The molecule has 0 saturated heterocycles. The summed E-state index contributed by atoms with van der Waals surface area (Å²) in [6.07, 6.45) is 5.33. The molecule has 214 valence electrons. The van der Waals surface area contributed by atoms with Crippen LogP contribution in [-0.4, -0.2) is 41.8 Å². The van der Waals surface area contributed by atoms with Crippen molar-refractivity contribution < 1.29 is 28.5 Å². The van der Waals surface area contributed by atoms with E-state index < -0.39 is 31.0 Å². The minimum Gasteiger partial charge on any atom is -0.481 e. The number of fused-ring (bicyclic) bond motifs is 3. The molecule has 8 heteroatoms. The van der Waals surface area contributed by atoms with Crippen LogP contribution in [0.15, 0.2) is 48.5 Å². The van der Waals surface area contributed by atoms with Gasteiger partial charge in [-0.05, 0) is 84.5 Å². The van der Waals surface area contributed by atoms with Gasteiger partial charge in [-0.25, -0.2) is 4.79 Å². The Labute approximate surface area is 236 Å². The van der Waals surface area contributed by atoms with E-state index >= 15 is 0 Å². The molecule has 2 aromatic carbocycles. The Morgan fingerprint density at radius 1 is 0.950 bits per heavy atom. The average molecular weight is 566 g/mol. The molecule has 0 aromatic heterocycles. The largest absolute Gasteiger partial charge is 0.481 e. The minimum atomic E-state index is -3.53. The first-order chi connectivity index (χ1) is 19.1. The van der Waals surface area contributed by atoms with Crippen molar-refractivity contribution in [2.45, 2.75) is 63.9 Å². The van der Waals surface area contributed by atoms with Gasteiger partial charge in [0.25, 0.3) is 0 Å². The molecule has 0 radical (unpaired) electrons. The second-order valence-corrected chi connectivity index (χ2v) is 15.5. The van der Waals surface area contributed by atoms with Crippen molar-refractivity contribution in [3.05, 3.63) is 59.7 Å². The molecule has 7 rings (SSSR count). The maximum absolute atomic E-state index is 14.5. The van der Waals surface area contributed by atoms with Crippen LogP contribution >= 0.6 is 7.37 Å². The van der Waals surface area contributed by atoms with Gasteiger partial charge in [-0.2, -0.15) is 0 Å². The lowest BCUT2D eigenvalue weighted by atomic mass is 9.54. The highest BCUT2D eigenvalue weighted by molar-refractivity contribution is 7.59. The molecular formula is C32H40NO6P. The highest BCUT2D eigenvalue weighted by atomic mass is 31.2. The molecule has 0 aliphatic heterocycles. The fraction of sp³-hybridized carbons (Fsp3) is 0.562. The van der Waals surface area contributed by atoms with Gasteiger partial charge in [0, 0.05) is 12.1 Å². The number of carbonyl (C=O) groups is 2. The van der Waals surface area contributed by atoms with Crippen LogP contribution < -0.4 is 5.32 Å². The SMILES string of the molecule is CC(C)[C@@H](C[P@@](=O)(CNC(=O)OCC1c2ccccc2-c2ccccc21)OC12CC3CC(CC(C3)C1)C2)C(=O)O. The van der Waals surface area contributed by atoms with Crippen LogP contribution in [0.25, 0.3) is 11.1 Å². The number of carboxylic acids is 1. The number of carbonyl (C=O) groups excluding carboxylic acids is 1. The smallest absolute Gasteiger partial charge is 0.407 e. The summed E-state index contributed by atoms with van der Waals surface area (Å²) in [6.45, 7) is 3.81. The lowest BCUT2D eigenvalue weighted by Gasteiger charge is -2.56. The van der Waals surface area contributed by atoms with Crippen LogP contribution in [0.3, 0.4) is 0 Å². The lowest BCUT2D eigenvalue weighted by Crippen LogP contribution is -2.52. The van der Waals surface area contributed by atoms with Gasteiger partial charge >= 0.3 is 12.1 Å². The van der Waals surface area contributed by atoms with E-state index in [1.807, 2.05) is 38.1 Å². The number of benzene rings is 2. The molecule has 1 amide bonds. The van der Waals surface area contributed by atoms with Crippen molar-refractivity contribution >= 4 is 19.4 Å². The summed E-state index contributed by atoms with van der Waals surface area (Å²) < 4.78 is 26.8. The number of hydrogen-bond acceptors (Lipinski definition) is 5. The van der Waals surface area contributed by atoms with Gasteiger partial charge in [0.1, 0.15) is 6.61 Å². The summed E-state index contributed by atoms with van der Waals surface area (Å²) in [6, 6.07) is 16.3. The zero-order valence-corrected chi connectivity index (χ0v) is 24.3. The zero-order valence-electron chi connectivity index (χ0n) is 23.4. The molecular weight excluding hydrogens is 525 g/mol. The second-order valence-electron chi connectivity index (χ2n) is 13.0. The Balaban J connectivity index is 1.15. The number of amides is 1. The fourth-order valence-corrected chi connectivity index (χ4v) is 11.1. The third-order valence-corrected chi connectivity index (χ3v) is 12.1. The van der Waals surface area contributed by atoms with Crippen molar-refractivity contribution in [1.29, 1.82) is 0 Å². The van der Waals surface area contributed by atoms with E-state index in [2.05, 4.69) is 29.6 Å². The van der Waals surface area contributed by atoms with Gasteiger partial charge in [0.2, 0.25) is 7.37 Å². The highest BCUT2D eigenvalue weighted by Gasteiger charge is 2.54. The first-order valence-electron chi connectivity index (χ1n) is 14.7. The predicted molar refractivity (Wildman–Crippen MR) is 153 cm³/mol. The molecule has 2 aromatic rings. The third kappa shape index (κ3) is 5.35. The van der Waals surface area contributed by atoms with Crippen LogP contribution in [0.2, 0.25) is 0 Å². The number of ether oxygens (including phenoxy) is 1. The highest BCUT2D eigenvalue weighted by Crippen LogP contribution is 2.63. The molecule has 5 aliphatic rings. The van der Waals surface area contributed by atoms with Crippen LogP contribution in [0.5, 0.6) is 0 Å². The van der Waals surface area contributed by atoms with E-state index in [0.717, 1.165) is 41.5 Å². The van der Waals surface area contributed by atoms with Gasteiger partial charge in [-0.3, -0.25) is 9.36 Å². The fourth-order valence-electron chi connectivity index (χ4n) is 8.34. The summed E-state index contributed by atoms with van der Waals surface area (Å²) in [5.74, 6) is -0.305. The van der Waals surface area contributed by atoms with Gasteiger partial charge < -0.3 is 19.7 Å². The molecule has 5 aliphatic carbocycles. The van der Waals surface area contributed by atoms with Gasteiger partial charge in [-0.1, -0.05) is 62.4 Å². The second kappa shape index (κ2) is 10.6. The Bertz CT molecular complexity index is 1260.